The molecule has 3 rings (SSSR count). The Kier molecular flexibility index (Phi) is 11.0. The number of methoxy groups -OCH3 is 2. The summed E-state index contributed by atoms with van der Waals surface area (Å²) in [6, 6.07) is 15.7. The summed E-state index contributed by atoms with van der Waals surface area (Å²) in [6.07, 6.45) is 2.56. The number of rotatable bonds is 12. The van der Waals surface area contributed by atoms with Crippen LogP contribution in [0.4, 0.5) is 0 Å². The first kappa shape index (κ1) is 31.1. The zero-order valence-electron chi connectivity index (χ0n) is 24.9. The zero-order valence-corrected chi connectivity index (χ0v) is 25.9. The lowest BCUT2D eigenvalue weighted by molar-refractivity contribution is -0.149. The molecule has 0 aliphatic heterocycles. The summed E-state index contributed by atoms with van der Waals surface area (Å²) >= 11 is 0. The molecule has 1 aliphatic rings. The molecule has 6 nitrogen and oxygen atoms in total. The van der Waals surface area contributed by atoms with E-state index in [9.17, 15) is 4.79 Å². The predicted molar refractivity (Wildman–Crippen MR) is 158 cm³/mol. The van der Waals surface area contributed by atoms with Crippen molar-refractivity contribution in [3.05, 3.63) is 71.3 Å². The van der Waals surface area contributed by atoms with E-state index in [0.29, 0.717) is 32.7 Å². The van der Waals surface area contributed by atoms with Crippen LogP contribution in [0.25, 0.3) is 0 Å². The van der Waals surface area contributed by atoms with Crippen molar-refractivity contribution < 1.29 is 28.2 Å². The summed E-state index contributed by atoms with van der Waals surface area (Å²) in [6.45, 7) is 14.5. The van der Waals surface area contributed by atoms with Crippen molar-refractivity contribution in [2.45, 2.75) is 84.1 Å². The second-order valence-corrected chi connectivity index (χ2v) is 16.6. The number of hydrogen-bond acceptors (Lipinski definition) is 6. The molecule has 2 aromatic carbocycles. The highest BCUT2D eigenvalue weighted by Gasteiger charge is 2.41. The third-order valence-electron chi connectivity index (χ3n) is 8.09. The molecule has 0 radical (unpaired) electrons. The number of hydrogen-bond donors (Lipinski definition) is 0. The predicted octanol–water partition coefficient (Wildman–Crippen LogP) is 7.12. The Balaban J connectivity index is 1.78. The van der Waals surface area contributed by atoms with Gasteiger partial charge in [-0.2, -0.15) is 0 Å². The number of Topliss-reactive ketones (excluding diaryl/α,β-unsaturated/α-hetero) is 1. The fourth-order valence-corrected chi connectivity index (χ4v) is 5.39. The number of ether oxygens (including phenoxy) is 4. The van der Waals surface area contributed by atoms with Crippen molar-refractivity contribution >= 4 is 14.1 Å². The smallest absolute Gasteiger partial charge is 0.192 e. The second-order valence-electron chi connectivity index (χ2n) is 11.8. The molecule has 3 atom stereocenters. The van der Waals surface area contributed by atoms with E-state index in [1.807, 2.05) is 55.5 Å². The third kappa shape index (κ3) is 8.51. The van der Waals surface area contributed by atoms with Crippen molar-refractivity contribution in [2.75, 3.05) is 20.8 Å². The fraction of sp³-hybridized carbons (Fsp3) is 0.531. The van der Waals surface area contributed by atoms with E-state index in [1.165, 1.54) is 0 Å². The lowest BCUT2D eigenvalue weighted by Crippen LogP contribution is -2.46. The van der Waals surface area contributed by atoms with Crippen LogP contribution in [0.2, 0.25) is 18.1 Å². The molecule has 0 heterocycles. The standard InChI is InChI=1S/C32H46O6Si/c1-23(19-20-38-39(7,8)32(2,3)4)30-28(33)17-18-29(36-21-24-9-13-26(34-5)14-10-24)31(30)37-22-25-11-15-27(35-6)16-12-25/h9-16,19,29-31H,17-18,20-22H2,1-8H3/b23-19+/t29-,30+,31+/m0/s1. The first-order valence-corrected chi connectivity index (χ1v) is 16.7. The lowest BCUT2D eigenvalue weighted by atomic mass is 9.78. The van der Waals surface area contributed by atoms with E-state index in [-0.39, 0.29) is 22.8 Å². The molecule has 1 fully saturated rings. The monoisotopic (exact) mass is 554 g/mol. The van der Waals surface area contributed by atoms with Gasteiger partial charge in [-0.3, -0.25) is 4.79 Å². The minimum Gasteiger partial charge on any atom is -0.497 e. The van der Waals surface area contributed by atoms with Crippen LogP contribution in [0.3, 0.4) is 0 Å². The van der Waals surface area contributed by atoms with E-state index in [0.717, 1.165) is 28.2 Å². The number of benzene rings is 2. The van der Waals surface area contributed by atoms with Crippen LogP contribution in [0.5, 0.6) is 11.5 Å². The summed E-state index contributed by atoms with van der Waals surface area (Å²) in [5, 5.41) is 0.125. The Labute approximate surface area is 235 Å². The number of ketones is 1. The van der Waals surface area contributed by atoms with Crippen molar-refractivity contribution in [3.8, 4) is 11.5 Å². The van der Waals surface area contributed by atoms with Crippen molar-refractivity contribution in [1.29, 1.82) is 0 Å². The van der Waals surface area contributed by atoms with Gasteiger partial charge in [0.1, 0.15) is 17.3 Å². The normalized spacial score (nSPS) is 20.7. The quantitative estimate of drug-likeness (QED) is 0.206. The average molecular weight is 555 g/mol. The van der Waals surface area contributed by atoms with Crippen molar-refractivity contribution in [3.63, 3.8) is 0 Å². The molecule has 1 aliphatic carbocycles. The summed E-state index contributed by atoms with van der Waals surface area (Å²) in [5.74, 6) is 1.43. The summed E-state index contributed by atoms with van der Waals surface area (Å²) in [7, 11) is 1.41. The van der Waals surface area contributed by atoms with Gasteiger partial charge in [0.25, 0.3) is 0 Å². The molecule has 2 aromatic rings. The van der Waals surface area contributed by atoms with Gasteiger partial charge in [0.15, 0.2) is 8.32 Å². The largest absolute Gasteiger partial charge is 0.497 e. The van der Waals surface area contributed by atoms with E-state index in [1.54, 1.807) is 14.2 Å². The zero-order chi connectivity index (χ0) is 28.6. The summed E-state index contributed by atoms with van der Waals surface area (Å²) in [5.41, 5.74) is 3.05. The molecular formula is C32H46O6Si. The molecule has 0 unspecified atom stereocenters. The Morgan fingerprint density at radius 2 is 1.41 bits per heavy atom. The minimum absolute atomic E-state index is 0.125. The minimum atomic E-state index is -1.90. The first-order chi connectivity index (χ1) is 18.4. The van der Waals surface area contributed by atoms with Crippen LogP contribution >= 0.6 is 0 Å². The molecule has 39 heavy (non-hydrogen) atoms. The van der Waals surface area contributed by atoms with Gasteiger partial charge in [-0.15, -0.1) is 0 Å². The van der Waals surface area contributed by atoms with Gasteiger partial charge in [0, 0.05) is 6.42 Å². The molecule has 0 saturated heterocycles. The van der Waals surface area contributed by atoms with Crippen LogP contribution < -0.4 is 9.47 Å². The van der Waals surface area contributed by atoms with Crippen LogP contribution in [-0.2, 0) is 31.9 Å². The molecule has 0 N–H and O–H groups in total. The van der Waals surface area contributed by atoms with Gasteiger partial charge in [-0.05, 0) is 66.9 Å². The first-order valence-electron chi connectivity index (χ1n) is 13.8. The van der Waals surface area contributed by atoms with Crippen LogP contribution in [0, 0.1) is 5.92 Å². The maximum Gasteiger partial charge on any atom is 0.192 e. The molecule has 1 saturated carbocycles. The highest BCUT2D eigenvalue weighted by Crippen LogP contribution is 2.37. The molecule has 0 aromatic heterocycles. The van der Waals surface area contributed by atoms with E-state index in [2.05, 4.69) is 39.9 Å². The van der Waals surface area contributed by atoms with Gasteiger partial charge < -0.3 is 23.4 Å². The number of carbonyl (C=O) groups is 1. The van der Waals surface area contributed by atoms with Crippen molar-refractivity contribution in [2.24, 2.45) is 5.92 Å². The Morgan fingerprint density at radius 3 is 1.90 bits per heavy atom. The Hall–Kier alpha value is -2.45. The highest BCUT2D eigenvalue weighted by atomic mass is 28.4. The SMILES string of the molecule is COc1ccc(CO[C@@H]2[C@@H](OCc3ccc(OC)cc3)CCC(=O)[C@H]2/C(C)=C/CO[Si](C)(C)C(C)(C)C)cc1. The van der Waals surface area contributed by atoms with E-state index < -0.39 is 14.4 Å². The van der Waals surface area contributed by atoms with Gasteiger partial charge in [-0.25, -0.2) is 0 Å². The second kappa shape index (κ2) is 13.7. The number of carbonyl (C=O) groups excluding carboxylic acids is 1. The van der Waals surface area contributed by atoms with Gasteiger partial charge in [-0.1, -0.05) is 56.7 Å². The Morgan fingerprint density at radius 1 is 0.897 bits per heavy atom. The van der Waals surface area contributed by atoms with Crippen LogP contribution in [0.15, 0.2) is 60.2 Å². The van der Waals surface area contributed by atoms with Crippen LogP contribution in [-0.4, -0.2) is 47.1 Å². The Bertz CT molecular complexity index is 1090. The van der Waals surface area contributed by atoms with E-state index in [4.69, 9.17) is 23.4 Å². The van der Waals surface area contributed by atoms with Gasteiger partial charge in [0.2, 0.25) is 0 Å². The maximum atomic E-state index is 13.3. The van der Waals surface area contributed by atoms with Gasteiger partial charge >= 0.3 is 0 Å². The fourth-order valence-electron chi connectivity index (χ4n) is 4.46. The summed E-state index contributed by atoms with van der Waals surface area (Å²) < 4.78 is 29.9. The van der Waals surface area contributed by atoms with E-state index >= 15 is 0 Å². The highest BCUT2D eigenvalue weighted by molar-refractivity contribution is 6.74. The topological polar surface area (TPSA) is 63.2 Å². The molecular weight excluding hydrogens is 508 g/mol. The van der Waals surface area contributed by atoms with Gasteiger partial charge in [0.05, 0.1) is 52.2 Å². The average Bonchev–Trinajstić information content (AvgIpc) is 2.91. The maximum absolute atomic E-state index is 13.3. The lowest BCUT2D eigenvalue weighted by Gasteiger charge is -2.38. The molecule has 0 spiro atoms. The molecule has 7 heteroatoms. The molecule has 0 amide bonds. The van der Waals surface area contributed by atoms with Crippen LogP contribution in [0.1, 0.15) is 51.7 Å². The third-order valence-corrected chi connectivity index (χ3v) is 12.6. The molecule has 0 bridgehead atoms. The summed E-state index contributed by atoms with van der Waals surface area (Å²) in [4.78, 5) is 13.3. The van der Waals surface area contributed by atoms with Crippen molar-refractivity contribution in [1.82, 2.24) is 0 Å². The molecule has 214 valence electrons.